The molecule has 2 aromatic carbocycles. The summed E-state index contributed by atoms with van der Waals surface area (Å²) in [6, 6.07) is 9.15. The van der Waals surface area contributed by atoms with Crippen LogP contribution in [-0.2, 0) is 0 Å². The number of amides is 1. The quantitative estimate of drug-likeness (QED) is 0.522. The van der Waals surface area contributed by atoms with Crippen LogP contribution in [0, 0.1) is 0 Å². The lowest BCUT2D eigenvalue weighted by molar-refractivity contribution is 0.102. The fourth-order valence-corrected chi connectivity index (χ4v) is 4.10. The van der Waals surface area contributed by atoms with Crippen molar-refractivity contribution in [2.45, 2.75) is 0 Å². The van der Waals surface area contributed by atoms with E-state index in [0.29, 0.717) is 43.9 Å². The molecule has 0 atom stereocenters. The minimum atomic E-state index is -0.364. The third-order valence-corrected chi connectivity index (χ3v) is 5.67. The summed E-state index contributed by atoms with van der Waals surface area (Å²) in [6.45, 7) is 0. The first-order chi connectivity index (χ1) is 14.0. The number of thiazole rings is 1. The van der Waals surface area contributed by atoms with Crippen molar-refractivity contribution in [3.63, 3.8) is 0 Å². The van der Waals surface area contributed by atoms with Crippen molar-refractivity contribution < 1.29 is 23.7 Å². The molecule has 0 saturated carbocycles. The molecule has 29 heavy (non-hydrogen) atoms. The van der Waals surface area contributed by atoms with Gasteiger partial charge < -0.3 is 18.9 Å². The molecule has 0 aliphatic rings. The third kappa shape index (κ3) is 4.15. The number of carbonyl (C=O) groups excluding carboxylic acids is 1. The Labute approximate surface area is 180 Å². The van der Waals surface area contributed by atoms with E-state index >= 15 is 0 Å². The van der Waals surface area contributed by atoms with Crippen LogP contribution in [0.4, 0.5) is 5.13 Å². The highest BCUT2D eigenvalue weighted by atomic mass is 79.9. The standard InChI is InChI=1S/C20H19BrN2O5S/c1-25-14-8-6-5-7-11(14)13-10-29-20(22-13)23-19(24)12-9-15(26-2)17(27-3)18(28-4)16(12)21/h5-10H,1-4H3,(H,22,23,24). The summed E-state index contributed by atoms with van der Waals surface area (Å²) in [5.74, 6) is 1.49. The highest BCUT2D eigenvalue weighted by molar-refractivity contribution is 9.10. The normalized spacial score (nSPS) is 10.4. The summed E-state index contributed by atoms with van der Waals surface area (Å²) in [5.41, 5.74) is 1.89. The molecular weight excluding hydrogens is 460 g/mol. The summed E-state index contributed by atoms with van der Waals surface area (Å²) in [7, 11) is 6.09. The average Bonchev–Trinajstić information content (AvgIpc) is 3.21. The van der Waals surface area contributed by atoms with Crippen LogP contribution >= 0.6 is 27.3 Å². The molecule has 1 amide bonds. The molecule has 1 heterocycles. The Hall–Kier alpha value is -2.78. The second-order valence-electron chi connectivity index (χ2n) is 5.70. The first-order valence-corrected chi connectivity index (χ1v) is 10.1. The lowest BCUT2D eigenvalue weighted by Crippen LogP contribution is -2.13. The molecule has 3 aromatic rings. The molecule has 9 heteroatoms. The Balaban J connectivity index is 1.91. The summed E-state index contributed by atoms with van der Waals surface area (Å²) in [4.78, 5) is 17.4. The number of rotatable bonds is 7. The van der Waals surface area contributed by atoms with E-state index in [9.17, 15) is 4.79 Å². The molecular formula is C20H19BrN2O5S. The van der Waals surface area contributed by atoms with Gasteiger partial charge in [-0.15, -0.1) is 11.3 Å². The zero-order valence-electron chi connectivity index (χ0n) is 16.2. The highest BCUT2D eigenvalue weighted by Gasteiger charge is 2.23. The topological polar surface area (TPSA) is 78.9 Å². The number of aromatic nitrogens is 1. The number of ether oxygens (including phenoxy) is 4. The van der Waals surface area contributed by atoms with Crippen molar-refractivity contribution in [3.8, 4) is 34.3 Å². The predicted molar refractivity (Wildman–Crippen MR) is 116 cm³/mol. The van der Waals surface area contributed by atoms with Crippen LogP contribution in [0.25, 0.3) is 11.3 Å². The number of carbonyl (C=O) groups is 1. The minimum absolute atomic E-state index is 0.327. The fraction of sp³-hybridized carbons (Fsp3) is 0.200. The Morgan fingerprint density at radius 2 is 1.69 bits per heavy atom. The lowest BCUT2D eigenvalue weighted by atomic mass is 10.1. The Kier molecular flexibility index (Phi) is 6.60. The van der Waals surface area contributed by atoms with E-state index in [0.717, 1.165) is 5.56 Å². The van der Waals surface area contributed by atoms with Gasteiger partial charge in [-0.25, -0.2) is 4.98 Å². The third-order valence-electron chi connectivity index (χ3n) is 4.12. The smallest absolute Gasteiger partial charge is 0.258 e. The van der Waals surface area contributed by atoms with E-state index in [1.165, 1.54) is 32.7 Å². The number of hydrogen-bond donors (Lipinski definition) is 1. The van der Waals surface area contributed by atoms with Gasteiger partial charge in [-0.2, -0.15) is 0 Å². The molecule has 0 spiro atoms. The van der Waals surface area contributed by atoms with Crippen LogP contribution in [-0.4, -0.2) is 39.3 Å². The molecule has 1 aromatic heterocycles. The highest BCUT2D eigenvalue weighted by Crippen LogP contribution is 2.45. The number of nitrogens with zero attached hydrogens (tertiary/aromatic N) is 1. The van der Waals surface area contributed by atoms with Crippen LogP contribution in [0.5, 0.6) is 23.0 Å². The second kappa shape index (κ2) is 9.15. The maximum atomic E-state index is 12.9. The van der Waals surface area contributed by atoms with Gasteiger partial charge in [0.2, 0.25) is 5.75 Å². The molecule has 0 aliphatic carbocycles. The number of para-hydroxylation sites is 1. The fourth-order valence-electron chi connectivity index (χ4n) is 2.76. The van der Waals surface area contributed by atoms with Crippen LogP contribution in [0.1, 0.15) is 10.4 Å². The van der Waals surface area contributed by atoms with Gasteiger partial charge in [-0.1, -0.05) is 12.1 Å². The minimum Gasteiger partial charge on any atom is -0.496 e. The van der Waals surface area contributed by atoms with E-state index in [4.69, 9.17) is 18.9 Å². The first-order valence-electron chi connectivity index (χ1n) is 8.42. The Morgan fingerprint density at radius 1 is 1.00 bits per heavy atom. The lowest BCUT2D eigenvalue weighted by Gasteiger charge is -2.16. The molecule has 0 saturated heterocycles. The predicted octanol–water partition coefficient (Wildman–Crippen LogP) is 4.86. The van der Waals surface area contributed by atoms with Gasteiger partial charge in [0.1, 0.15) is 5.75 Å². The summed E-state index contributed by atoms with van der Waals surface area (Å²) >= 11 is 4.74. The van der Waals surface area contributed by atoms with Crippen LogP contribution < -0.4 is 24.3 Å². The number of methoxy groups -OCH3 is 4. The van der Waals surface area contributed by atoms with Crippen molar-refractivity contribution in [1.29, 1.82) is 0 Å². The molecule has 7 nitrogen and oxygen atoms in total. The largest absolute Gasteiger partial charge is 0.496 e. The van der Waals surface area contributed by atoms with Crippen molar-refractivity contribution in [2.75, 3.05) is 33.8 Å². The van der Waals surface area contributed by atoms with E-state index in [1.807, 2.05) is 29.6 Å². The maximum absolute atomic E-state index is 12.9. The van der Waals surface area contributed by atoms with Crippen molar-refractivity contribution >= 4 is 38.3 Å². The number of anilines is 1. The van der Waals surface area contributed by atoms with Gasteiger partial charge in [-0.3, -0.25) is 10.1 Å². The first kappa shape index (κ1) is 20.9. The van der Waals surface area contributed by atoms with Crippen LogP contribution in [0.15, 0.2) is 40.2 Å². The SMILES string of the molecule is COc1ccccc1-c1csc(NC(=O)c2cc(OC)c(OC)c(OC)c2Br)n1. The number of nitrogens with one attached hydrogen (secondary N) is 1. The summed E-state index contributed by atoms with van der Waals surface area (Å²) < 4.78 is 21.9. The zero-order chi connectivity index (χ0) is 21.0. The van der Waals surface area contributed by atoms with Crippen molar-refractivity contribution in [1.82, 2.24) is 4.98 Å². The van der Waals surface area contributed by atoms with E-state index in [1.54, 1.807) is 13.2 Å². The van der Waals surface area contributed by atoms with Gasteiger partial charge in [0, 0.05) is 10.9 Å². The maximum Gasteiger partial charge on any atom is 0.258 e. The van der Waals surface area contributed by atoms with Crippen molar-refractivity contribution in [2.24, 2.45) is 0 Å². The number of hydrogen-bond acceptors (Lipinski definition) is 7. The number of benzene rings is 2. The molecule has 0 fully saturated rings. The van der Waals surface area contributed by atoms with Crippen molar-refractivity contribution in [3.05, 3.63) is 45.7 Å². The Morgan fingerprint density at radius 3 is 2.34 bits per heavy atom. The molecule has 0 bridgehead atoms. The van der Waals surface area contributed by atoms with E-state index < -0.39 is 0 Å². The molecule has 1 N–H and O–H groups in total. The molecule has 0 radical (unpaired) electrons. The molecule has 0 unspecified atom stereocenters. The van der Waals surface area contributed by atoms with Crippen LogP contribution in [0.2, 0.25) is 0 Å². The van der Waals surface area contributed by atoms with Gasteiger partial charge in [0.25, 0.3) is 5.91 Å². The Bertz CT molecular complexity index is 1040. The van der Waals surface area contributed by atoms with E-state index in [2.05, 4.69) is 26.2 Å². The second-order valence-corrected chi connectivity index (χ2v) is 7.35. The monoisotopic (exact) mass is 478 g/mol. The molecule has 3 rings (SSSR count). The summed E-state index contributed by atoms with van der Waals surface area (Å²) in [6.07, 6.45) is 0. The van der Waals surface area contributed by atoms with Crippen LogP contribution in [0.3, 0.4) is 0 Å². The van der Waals surface area contributed by atoms with Gasteiger partial charge in [0.05, 0.1) is 44.2 Å². The van der Waals surface area contributed by atoms with Gasteiger partial charge in [-0.05, 0) is 34.1 Å². The number of halogens is 1. The zero-order valence-corrected chi connectivity index (χ0v) is 18.6. The van der Waals surface area contributed by atoms with Gasteiger partial charge >= 0.3 is 0 Å². The summed E-state index contributed by atoms with van der Waals surface area (Å²) in [5, 5.41) is 5.13. The molecule has 152 valence electrons. The van der Waals surface area contributed by atoms with Gasteiger partial charge in [0.15, 0.2) is 16.6 Å². The van der Waals surface area contributed by atoms with E-state index in [-0.39, 0.29) is 5.91 Å². The molecule has 0 aliphatic heterocycles. The average molecular weight is 479 g/mol.